The van der Waals surface area contributed by atoms with Crippen molar-refractivity contribution in [2.24, 2.45) is 28.2 Å². The van der Waals surface area contributed by atoms with E-state index in [4.69, 9.17) is 14.5 Å². The van der Waals surface area contributed by atoms with Crippen LogP contribution < -0.4 is 10.1 Å². The highest BCUT2D eigenvalue weighted by atomic mass is 32.2. The SMILES string of the molecule is CC[C@H](C)[C@H]1C(=O)N2CCC[C@H]2C(=O)O[C@H](C(C)(C)C)C[C@@H](C)C[C@H](O)[C@H](C)C2=N[C@@H](/C=C(/C)C(=O)N[C@@H](Cc3ccc(OC)cc3)C(=O)N(C)[C@@H](C)C(=O)N1C)C[S@@]2=O. The largest absolute Gasteiger partial charge is 0.497 e. The van der Waals surface area contributed by atoms with Crippen LogP contribution in [0, 0.1) is 23.2 Å². The molecule has 0 aliphatic carbocycles. The second kappa shape index (κ2) is 20.6. The van der Waals surface area contributed by atoms with E-state index in [2.05, 4.69) is 5.32 Å². The molecule has 11 atom stereocenters. The molecule has 1 saturated heterocycles. The first-order valence-electron chi connectivity index (χ1n) is 21.4. The van der Waals surface area contributed by atoms with Gasteiger partial charge in [0, 0.05) is 38.6 Å². The lowest BCUT2D eigenvalue weighted by atomic mass is 9.81. The Bertz CT molecular complexity index is 1810. The summed E-state index contributed by atoms with van der Waals surface area (Å²) in [5, 5.41) is 14.7. The molecule has 4 amide bonds. The van der Waals surface area contributed by atoms with Gasteiger partial charge in [-0.25, -0.2) is 4.79 Å². The lowest BCUT2D eigenvalue weighted by Crippen LogP contribution is -2.59. The maximum atomic E-state index is 14.6. The van der Waals surface area contributed by atoms with Crippen molar-refractivity contribution in [3.63, 3.8) is 0 Å². The molecule has 4 rings (SSSR count). The normalized spacial score (nSPS) is 32.5. The highest BCUT2D eigenvalue weighted by Gasteiger charge is 2.45. The number of methoxy groups -OCH3 is 1. The summed E-state index contributed by atoms with van der Waals surface area (Å²) in [4.78, 5) is 80.1. The van der Waals surface area contributed by atoms with Crippen LogP contribution in [-0.4, -0.2) is 135 Å². The highest BCUT2D eigenvalue weighted by Crippen LogP contribution is 2.33. The molecule has 0 saturated carbocycles. The van der Waals surface area contributed by atoms with Crippen molar-refractivity contribution in [2.45, 2.75) is 143 Å². The number of aliphatic imine (C=N–C) groups is 1. The van der Waals surface area contributed by atoms with Crippen LogP contribution in [0.1, 0.15) is 100.0 Å². The van der Waals surface area contributed by atoms with E-state index in [1.54, 1.807) is 70.2 Å². The Morgan fingerprint density at radius 1 is 1.00 bits per heavy atom. The molecule has 1 aromatic rings. The third kappa shape index (κ3) is 11.6. The van der Waals surface area contributed by atoms with Gasteiger partial charge in [-0.05, 0) is 74.5 Å². The van der Waals surface area contributed by atoms with E-state index < -0.39 is 88.2 Å². The number of rotatable bonds is 5. The quantitative estimate of drug-likeness (QED) is 0.410. The van der Waals surface area contributed by atoms with E-state index in [0.717, 1.165) is 5.56 Å². The smallest absolute Gasteiger partial charge is 0.329 e. The predicted octanol–water partition coefficient (Wildman–Crippen LogP) is 4.29. The van der Waals surface area contributed by atoms with E-state index >= 15 is 0 Å². The highest BCUT2D eigenvalue weighted by molar-refractivity contribution is 8.01. The third-order valence-corrected chi connectivity index (χ3v) is 14.2. The molecule has 3 heterocycles. The second-order valence-electron chi connectivity index (χ2n) is 18.3. The maximum Gasteiger partial charge on any atom is 0.329 e. The van der Waals surface area contributed by atoms with Gasteiger partial charge in [0.25, 0.3) is 0 Å². The second-order valence-corrected chi connectivity index (χ2v) is 19.7. The van der Waals surface area contributed by atoms with E-state index in [9.17, 15) is 33.3 Å². The number of likely N-dealkylation sites (N-methyl/N-ethyl adjacent to an activating group) is 2. The number of nitrogens with zero attached hydrogens (tertiary/aromatic N) is 4. The van der Waals surface area contributed by atoms with Crippen LogP contribution in [0.2, 0.25) is 0 Å². The van der Waals surface area contributed by atoms with Crippen molar-refractivity contribution in [3.8, 4) is 5.75 Å². The molecule has 0 radical (unpaired) electrons. The van der Waals surface area contributed by atoms with Crippen LogP contribution in [0.25, 0.3) is 0 Å². The number of amides is 4. The van der Waals surface area contributed by atoms with E-state index in [0.29, 0.717) is 49.4 Å². The third-order valence-electron chi connectivity index (χ3n) is 12.6. The summed E-state index contributed by atoms with van der Waals surface area (Å²) in [6.45, 7) is 17.1. The molecule has 3 aliphatic heterocycles. The molecule has 1 fully saturated rings. The van der Waals surface area contributed by atoms with E-state index in [-0.39, 0.29) is 35.5 Å². The minimum atomic E-state index is -1.49. The number of hydrogen-bond acceptors (Lipinski definition) is 10. The summed E-state index contributed by atoms with van der Waals surface area (Å²) in [7, 11) is 3.12. The zero-order chi connectivity index (χ0) is 44.8. The Hall–Kier alpha value is -4.11. The number of cyclic esters (lactones) is 1. The van der Waals surface area contributed by atoms with Crippen LogP contribution in [0.3, 0.4) is 0 Å². The molecule has 0 spiro atoms. The Balaban J connectivity index is 1.76. The average molecular weight is 856 g/mol. The lowest BCUT2D eigenvalue weighted by molar-refractivity contribution is -0.166. The lowest BCUT2D eigenvalue weighted by Gasteiger charge is -2.39. The number of carbonyl (C=O) groups excluding carboxylic acids is 5. The van der Waals surface area contributed by atoms with Crippen molar-refractivity contribution >= 4 is 45.4 Å². The number of esters is 1. The predicted molar refractivity (Wildman–Crippen MR) is 233 cm³/mol. The standard InChI is InChI=1S/C45H69N5O9S/c1-13-27(3)38-43(55)50-20-14-15-35(50)44(56)59-37(45(7,8)9)22-26(2)21-36(51)29(5)40-46-32(25-60(40)57)23-28(4)39(52)47-34(24-31-16-18-33(58-12)19-17-31)42(54)48(10)30(6)41(53)49(38)11/h16-19,23,26-27,29-30,32,34-38,51H,13-15,20-22,24-25H2,1-12H3,(H,47,52)/b28-23-/t26-,27-,29-,30-,32-,34-,35-,36-,37-,38-,60-/m0/s1. The summed E-state index contributed by atoms with van der Waals surface area (Å²) >= 11 is 0. The molecule has 14 nitrogen and oxygen atoms in total. The van der Waals surface area contributed by atoms with Gasteiger partial charge in [-0.3, -0.25) is 28.4 Å². The monoisotopic (exact) mass is 855 g/mol. The van der Waals surface area contributed by atoms with Crippen molar-refractivity contribution in [1.82, 2.24) is 20.0 Å². The molecule has 60 heavy (non-hydrogen) atoms. The number of nitrogens with one attached hydrogen (secondary N) is 1. The molecule has 15 heteroatoms. The van der Waals surface area contributed by atoms with Crippen LogP contribution in [0.15, 0.2) is 40.9 Å². The van der Waals surface area contributed by atoms with Gasteiger partial charge < -0.3 is 34.6 Å². The zero-order valence-corrected chi connectivity index (χ0v) is 38.5. The number of fused-ring (bicyclic) bond motifs is 2. The molecular weight excluding hydrogens is 787 g/mol. The molecule has 0 unspecified atom stereocenters. The number of aliphatic hydroxyl groups excluding tert-OH is 1. The van der Waals surface area contributed by atoms with Gasteiger partial charge in [0.05, 0.1) is 35.8 Å². The number of aliphatic hydroxyl groups is 1. The summed E-state index contributed by atoms with van der Waals surface area (Å²) in [5.41, 5.74) is 0.547. The van der Waals surface area contributed by atoms with Gasteiger partial charge >= 0.3 is 5.97 Å². The molecular formula is C45H69N5O9S. The maximum absolute atomic E-state index is 14.6. The van der Waals surface area contributed by atoms with Gasteiger partial charge in [-0.2, -0.15) is 0 Å². The minimum Gasteiger partial charge on any atom is -0.497 e. The fourth-order valence-corrected chi connectivity index (χ4v) is 9.75. The summed E-state index contributed by atoms with van der Waals surface area (Å²) in [6, 6.07) is 2.64. The van der Waals surface area contributed by atoms with Gasteiger partial charge in [-0.15, -0.1) is 0 Å². The first kappa shape index (κ1) is 48.6. The molecule has 334 valence electrons. The Kier molecular flexibility index (Phi) is 16.7. The van der Waals surface area contributed by atoms with Crippen LogP contribution >= 0.6 is 0 Å². The summed E-state index contributed by atoms with van der Waals surface area (Å²) < 4.78 is 24.9. The number of hydrogen-bond donors (Lipinski definition) is 2. The number of ether oxygens (including phenoxy) is 2. The van der Waals surface area contributed by atoms with Crippen LogP contribution in [-0.2, 0) is 45.9 Å². The molecule has 0 aromatic heterocycles. The Labute approximate surface area is 359 Å². The molecule has 2 bridgehead atoms. The number of carbonyl (C=O) groups is 5. The fourth-order valence-electron chi connectivity index (χ4n) is 8.28. The Morgan fingerprint density at radius 2 is 1.65 bits per heavy atom. The first-order valence-corrected chi connectivity index (χ1v) is 22.7. The Morgan fingerprint density at radius 3 is 2.25 bits per heavy atom. The van der Waals surface area contributed by atoms with Gasteiger partial charge in [-0.1, -0.05) is 73.1 Å². The molecule has 1 aromatic carbocycles. The van der Waals surface area contributed by atoms with Crippen molar-refractivity contribution in [3.05, 3.63) is 41.5 Å². The van der Waals surface area contributed by atoms with Crippen molar-refractivity contribution < 1.29 is 42.8 Å². The molecule has 2 N–H and O–H groups in total. The van der Waals surface area contributed by atoms with Gasteiger partial charge in [0.15, 0.2) is 0 Å². The minimum absolute atomic E-state index is 0.100. The first-order chi connectivity index (χ1) is 28.1. The summed E-state index contributed by atoms with van der Waals surface area (Å²) in [6.07, 6.45) is 2.68. The van der Waals surface area contributed by atoms with Crippen molar-refractivity contribution in [2.75, 3.05) is 33.5 Å². The average Bonchev–Trinajstić information content (AvgIpc) is 3.85. The summed E-state index contributed by atoms with van der Waals surface area (Å²) in [5.74, 6) is -2.53. The topological polar surface area (TPSA) is 175 Å². The number of benzene rings is 1. The van der Waals surface area contributed by atoms with Gasteiger partial charge in [0.1, 0.15) is 41.1 Å². The van der Waals surface area contributed by atoms with Crippen LogP contribution in [0.5, 0.6) is 5.75 Å². The zero-order valence-electron chi connectivity index (χ0n) is 37.7. The van der Waals surface area contributed by atoms with E-state index in [1.807, 2.05) is 41.5 Å². The van der Waals surface area contributed by atoms with E-state index in [1.165, 1.54) is 16.8 Å². The molecule has 3 aliphatic rings. The van der Waals surface area contributed by atoms with Crippen molar-refractivity contribution in [1.29, 1.82) is 0 Å². The fraction of sp³-hybridized carbons (Fsp3) is 0.689. The van der Waals surface area contributed by atoms with Crippen LogP contribution in [0.4, 0.5) is 0 Å². The van der Waals surface area contributed by atoms with Gasteiger partial charge in [0.2, 0.25) is 23.6 Å².